The summed E-state index contributed by atoms with van der Waals surface area (Å²) in [6.07, 6.45) is 1.52. The molecule has 0 radical (unpaired) electrons. The van der Waals surface area contributed by atoms with Gasteiger partial charge < -0.3 is 4.74 Å². The lowest BCUT2D eigenvalue weighted by atomic mass is 10.1. The minimum atomic E-state index is -3.71. The van der Waals surface area contributed by atoms with Gasteiger partial charge in [-0.25, -0.2) is 13.2 Å². The topological polar surface area (TPSA) is 60.4 Å². The first kappa shape index (κ1) is 17.3. The Morgan fingerprint density at radius 1 is 1.09 bits per heavy atom. The van der Waals surface area contributed by atoms with Crippen LogP contribution in [0.15, 0.2) is 70.0 Å². The molecule has 2 rings (SSSR count). The molecule has 2 aromatic rings. The van der Waals surface area contributed by atoms with Crippen LogP contribution in [0.25, 0.3) is 6.08 Å². The molecular weight excluding hydrogens is 332 g/mol. The second-order valence-electron chi connectivity index (χ2n) is 4.80. The van der Waals surface area contributed by atoms with Crippen LogP contribution in [0.1, 0.15) is 5.56 Å². The quantitative estimate of drug-likeness (QED) is 0.513. The van der Waals surface area contributed by atoms with Crippen molar-refractivity contribution in [3.63, 3.8) is 0 Å². The van der Waals surface area contributed by atoms with Gasteiger partial charge in [0.15, 0.2) is 9.84 Å². The van der Waals surface area contributed by atoms with Crippen LogP contribution in [0.4, 0.5) is 0 Å². The normalized spacial score (nSPS) is 12.0. The highest BCUT2D eigenvalue weighted by Crippen LogP contribution is 2.22. The standard InChI is InChI=1S/C17H16O4S2/c1-21-17(18)14(11-13-7-3-2-4-8-13)12-23(19,20)16-10-6-5-9-15(16)22/h2-11,22H,12H2,1H3/b14-11-. The Morgan fingerprint density at radius 2 is 1.70 bits per heavy atom. The fourth-order valence-electron chi connectivity index (χ4n) is 2.04. The van der Waals surface area contributed by atoms with E-state index in [9.17, 15) is 13.2 Å². The van der Waals surface area contributed by atoms with E-state index in [1.54, 1.807) is 42.5 Å². The number of carbonyl (C=O) groups excluding carboxylic acids is 1. The van der Waals surface area contributed by atoms with Crippen molar-refractivity contribution in [1.29, 1.82) is 0 Å². The molecule has 2 aromatic carbocycles. The summed E-state index contributed by atoms with van der Waals surface area (Å²) in [5.74, 6) is -1.12. The minimum absolute atomic E-state index is 0.0651. The van der Waals surface area contributed by atoms with Gasteiger partial charge in [0.2, 0.25) is 0 Å². The first-order valence-electron chi connectivity index (χ1n) is 6.79. The number of hydrogen-bond acceptors (Lipinski definition) is 5. The second-order valence-corrected chi connectivity index (χ2v) is 7.24. The van der Waals surface area contributed by atoms with Crippen LogP contribution in [-0.2, 0) is 19.4 Å². The van der Waals surface area contributed by atoms with Crippen LogP contribution in [0.3, 0.4) is 0 Å². The predicted molar refractivity (Wildman–Crippen MR) is 92.2 cm³/mol. The number of carbonyl (C=O) groups is 1. The number of sulfone groups is 1. The summed E-state index contributed by atoms with van der Waals surface area (Å²) in [6.45, 7) is 0. The Labute approximate surface area is 141 Å². The zero-order valence-corrected chi connectivity index (χ0v) is 14.2. The van der Waals surface area contributed by atoms with Crippen molar-refractivity contribution in [3.05, 3.63) is 65.7 Å². The van der Waals surface area contributed by atoms with Crippen molar-refractivity contribution in [2.75, 3.05) is 12.9 Å². The van der Waals surface area contributed by atoms with Gasteiger partial charge >= 0.3 is 5.97 Å². The summed E-state index contributed by atoms with van der Waals surface area (Å²) >= 11 is 4.17. The van der Waals surface area contributed by atoms with Crippen molar-refractivity contribution < 1.29 is 17.9 Å². The van der Waals surface area contributed by atoms with Crippen LogP contribution in [0.5, 0.6) is 0 Å². The predicted octanol–water partition coefficient (Wildman–Crippen LogP) is 3.01. The highest BCUT2D eigenvalue weighted by molar-refractivity contribution is 7.92. The summed E-state index contributed by atoms with van der Waals surface area (Å²) in [5.41, 5.74) is 0.789. The summed E-state index contributed by atoms with van der Waals surface area (Å²) in [7, 11) is -2.49. The van der Waals surface area contributed by atoms with Crippen LogP contribution in [0, 0.1) is 0 Å². The number of esters is 1. The molecule has 0 aromatic heterocycles. The molecule has 0 heterocycles. The van der Waals surface area contributed by atoms with Crippen LogP contribution < -0.4 is 0 Å². The van der Waals surface area contributed by atoms with E-state index in [4.69, 9.17) is 4.74 Å². The van der Waals surface area contributed by atoms with E-state index in [0.29, 0.717) is 4.90 Å². The Kier molecular flexibility index (Phi) is 5.63. The molecule has 0 fully saturated rings. The fraction of sp³-hybridized carbons (Fsp3) is 0.118. The highest BCUT2D eigenvalue weighted by atomic mass is 32.2. The van der Waals surface area contributed by atoms with E-state index in [1.165, 1.54) is 19.3 Å². The van der Waals surface area contributed by atoms with Gasteiger partial charge in [0.05, 0.1) is 23.3 Å². The van der Waals surface area contributed by atoms with Gasteiger partial charge in [-0.05, 0) is 23.8 Å². The molecule has 0 aliphatic carbocycles. The van der Waals surface area contributed by atoms with Crippen molar-refractivity contribution in [2.45, 2.75) is 9.79 Å². The first-order chi connectivity index (χ1) is 10.9. The van der Waals surface area contributed by atoms with Crippen molar-refractivity contribution in [1.82, 2.24) is 0 Å². The molecule has 0 amide bonds. The zero-order chi connectivity index (χ0) is 16.9. The van der Waals surface area contributed by atoms with Gasteiger partial charge in [0.1, 0.15) is 0 Å². The maximum Gasteiger partial charge on any atom is 0.334 e. The molecule has 23 heavy (non-hydrogen) atoms. The van der Waals surface area contributed by atoms with E-state index < -0.39 is 21.6 Å². The third-order valence-corrected chi connectivity index (χ3v) is 5.39. The second kappa shape index (κ2) is 7.48. The smallest absolute Gasteiger partial charge is 0.334 e. The van der Waals surface area contributed by atoms with Crippen LogP contribution >= 0.6 is 12.6 Å². The number of methoxy groups -OCH3 is 1. The van der Waals surface area contributed by atoms with E-state index in [2.05, 4.69) is 12.6 Å². The lowest BCUT2D eigenvalue weighted by Gasteiger charge is -2.09. The van der Waals surface area contributed by atoms with Crippen molar-refractivity contribution in [3.8, 4) is 0 Å². The number of benzene rings is 2. The SMILES string of the molecule is COC(=O)/C(=C\c1ccccc1)CS(=O)(=O)c1ccccc1S. The van der Waals surface area contributed by atoms with E-state index in [-0.39, 0.29) is 10.5 Å². The van der Waals surface area contributed by atoms with Gasteiger partial charge in [-0.15, -0.1) is 12.6 Å². The molecule has 0 saturated heterocycles. The lowest BCUT2D eigenvalue weighted by Crippen LogP contribution is -2.16. The molecular formula is C17H16O4S2. The third kappa shape index (κ3) is 4.46. The van der Waals surface area contributed by atoms with Crippen molar-refractivity contribution in [2.24, 2.45) is 0 Å². The Balaban J connectivity index is 2.41. The highest BCUT2D eigenvalue weighted by Gasteiger charge is 2.23. The third-order valence-electron chi connectivity index (χ3n) is 3.13. The number of ether oxygens (including phenoxy) is 1. The number of hydrogen-bond donors (Lipinski definition) is 1. The van der Waals surface area contributed by atoms with E-state index in [1.807, 2.05) is 6.07 Å². The summed E-state index contributed by atoms with van der Waals surface area (Å²) < 4.78 is 29.9. The average Bonchev–Trinajstić information content (AvgIpc) is 2.54. The molecule has 0 N–H and O–H groups in total. The Bertz CT molecular complexity index is 825. The summed E-state index contributed by atoms with van der Waals surface area (Å²) in [6, 6.07) is 15.4. The monoisotopic (exact) mass is 348 g/mol. The van der Waals surface area contributed by atoms with Crippen LogP contribution in [-0.4, -0.2) is 27.2 Å². The number of rotatable bonds is 5. The molecule has 0 aliphatic heterocycles. The van der Waals surface area contributed by atoms with Gasteiger partial charge in [-0.3, -0.25) is 0 Å². The molecule has 4 nitrogen and oxygen atoms in total. The Morgan fingerprint density at radius 3 is 2.30 bits per heavy atom. The molecule has 0 aliphatic rings. The van der Waals surface area contributed by atoms with Gasteiger partial charge in [-0.1, -0.05) is 42.5 Å². The van der Waals surface area contributed by atoms with Crippen molar-refractivity contribution >= 4 is 34.5 Å². The number of thiol groups is 1. The minimum Gasteiger partial charge on any atom is -0.466 e. The zero-order valence-electron chi connectivity index (χ0n) is 12.5. The maximum absolute atomic E-state index is 12.6. The molecule has 120 valence electrons. The van der Waals surface area contributed by atoms with E-state index >= 15 is 0 Å². The molecule has 6 heteroatoms. The Hall–Kier alpha value is -2.05. The van der Waals surface area contributed by atoms with E-state index in [0.717, 1.165) is 5.56 Å². The average molecular weight is 348 g/mol. The molecule has 0 spiro atoms. The lowest BCUT2D eigenvalue weighted by molar-refractivity contribution is -0.135. The largest absolute Gasteiger partial charge is 0.466 e. The van der Waals surface area contributed by atoms with Gasteiger partial charge in [-0.2, -0.15) is 0 Å². The summed E-state index contributed by atoms with van der Waals surface area (Å²) in [4.78, 5) is 12.4. The summed E-state index contributed by atoms with van der Waals surface area (Å²) in [5, 5.41) is 0. The maximum atomic E-state index is 12.6. The molecule has 0 atom stereocenters. The van der Waals surface area contributed by atoms with Gasteiger partial charge in [0.25, 0.3) is 0 Å². The molecule has 0 bridgehead atoms. The molecule has 0 saturated carbocycles. The first-order valence-corrected chi connectivity index (χ1v) is 8.88. The van der Waals surface area contributed by atoms with Crippen LogP contribution in [0.2, 0.25) is 0 Å². The fourth-order valence-corrected chi connectivity index (χ4v) is 4.06. The molecule has 0 unspecified atom stereocenters. The van der Waals surface area contributed by atoms with Gasteiger partial charge in [0, 0.05) is 4.90 Å².